The molecule has 33 heavy (non-hydrogen) atoms. The highest BCUT2D eigenvalue weighted by atomic mass is 16.5. The molecule has 0 spiro atoms. The molecule has 1 amide bonds. The summed E-state index contributed by atoms with van der Waals surface area (Å²) in [6.45, 7) is 4.82. The Morgan fingerprint density at radius 2 is 2.21 bits per heavy atom. The number of hydrogen-bond acceptors (Lipinski definition) is 6. The van der Waals surface area contributed by atoms with Gasteiger partial charge in [0.25, 0.3) is 6.47 Å². The van der Waals surface area contributed by atoms with Gasteiger partial charge in [-0.1, -0.05) is 12.1 Å². The maximum atomic E-state index is 13.5. The van der Waals surface area contributed by atoms with Crippen molar-refractivity contribution in [2.75, 3.05) is 26.8 Å². The van der Waals surface area contributed by atoms with Crippen molar-refractivity contribution in [3.05, 3.63) is 47.3 Å². The first kappa shape index (κ1) is 23.3. The average Bonchev–Trinajstić information content (AvgIpc) is 3.35. The Morgan fingerprint density at radius 3 is 2.88 bits per heavy atom. The van der Waals surface area contributed by atoms with Crippen molar-refractivity contribution >= 4 is 12.4 Å². The van der Waals surface area contributed by atoms with Crippen molar-refractivity contribution in [2.45, 2.75) is 44.9 Å². The van der Waals surface area contributed by atoms with Crippen LogP contribution in [0.25, 0.3) is 0 Å². The fourth-order valence-corrected chi connectivity index (χ4v) is 5.30. The summed E-state index contributed by atoms with van der Waals surface area (Å²) in [5, 5.41) is 17.6. The molecule has 1 aliphatic carbocycles. The largest absolute Gasteiger partial charge is 0.497 e. The van der Waals surface area contributed by atoms with Crippen LogP contribution >= 0.6 is 0 Å². The van der Waals surface area contributed by atoms with Gasteiger partial charge >= 0.3 is 0 Å². The number of benzene rings is 1. The van der Waals surface area contributed by atoms with Gasteiger partial charge in [0.15, 0.2) is 0 Å². The van der Waals surface area contributed by atoms with Crippen LogP contribution in [0.2, 0.25) is 0 Å². The van der Waals surface area contributed by atoms with Crippen LogP contribution in [0, 0.1) is 18.3 Å². The zero-order valence-electron chi connectivity index (χ0n) is 19.1. The number of nitrogens with one attached hydrogen (secondary N) is 2. The topological polar surface area (TPSA) is 117 Å². The SMILES string of the molecule is COc1cccc(CC2(C(=O)N[C@@H]3C[C@H]4OCC[C@@H]34)CN(Cc3cc(C)[nH]n3)C2)c1.O=CO. The van der Waals surface area contributed by atoms with Gasteiger partial charge in [-0.25, -0.2) is 0 Å². The fourth-order valence-electron chi connectivity index (χ4n) is 5.30. The number of aromatic amines is 1. The molecule has 9 nitrogen and oxygen atoms in total. The third kappa shape index (κ3) is 5.04. The number of hydrogen-bond donors (Lipinski definition) is 3. The van der Waals surface area contributed by atoms with Crippen LogP contribution in [0.4, 0.5) is 0 Å². The van der Waals surface area contributed by atoms with Crippen molar-refractivity contribution < 1.29 is 24.2 Å². The van der Waals surface area contributed by atoms with E-state index in [0.29, 0.717) is 18.4 Å². The van der Waals surface area contributed by atoms with Gasteiger partial charge in [0.2, 0.25) is 5.91 Å². The number of aromatic nitrogens is 2. The fraction of sp³-hybridized carbons (Fsp3) is 0.542. The summed E-state index contributed by atoms with van der Waals surface area (Å²) in [6.07, 6.45) is 3.07. The van der Waals surface area contributed by atoms with Crippen LogP contribution in [-0.2, 0) is 27.3 Å². The molecule has 1 aromatic heterocycles. The van der Waals surface area contributed by atoms with Crippen molar-refractivity contribution in [2.24, 2.45) is 11.3 Å². The summed E-state index contributed by atoms with van der Waals surface area (Å²) in [5.74, 6) is 1.50. The molecule has 2 aromatic rings. The Hall–Kier alpha value is -2.91. The predicted molar refractivity (Wildman–Crippen MR) is 121 cm³/mol. The van der Waals surface area contributed by atoms with Crippen molar-refractivity contribution in [1.29, 1.82) is 0 Å². The monoisotopic (exact) mass is 456 g/mol. The van der Waals surface area contributed by atoms with Gasteiger partial charge in [0, 0.05) is 43.9 Å². The Balaban J connectivity index is 0.000000821. The second-order valence-corrected chi connectivity index (χ2v) is 9.28. The molecule has 2 saturated heterocycles. The first-order valence-electron chi connectivity index (χ1n) is 11.3. The van der Waals surface area contributed by atoms with Gasteiger partial charge in [-0.3, -0.25) is 19.6 Å². The molecule has 3 fully saturated rings. The quantitative estimate of drug-likeness (QED) is 0.544. The predicted octanol–water partition coefficient (Wildman–Crippen LogP) is 1.77. The molecule has 1 saturated carbocycles. The number of amides is 1. The van der Waals surface area contributed by atoms with Crippen LogP contribution in [0.5, 0.6) is 5.75 Å². The van der Waals surface area contributed by atoms with E-state index in [1.807, 2.05) is 25.1 Å². The third-order valence-corrected chi connectivity index (χ3v) is 6.94. The summed E-state index contributed by atoms with van der Waals surface area (Å²) in [4.78, 5) is 24.1. The smallest absolute Gasteiger partial charge is 0.290 e. The minimum atomic E-state index is -0.414. The van der Waals surface area contributed by atoms with E-state index >= 15 is 0 Å². The van der Waals surface area contributed by atoms with E-state index in [1.54, 1.807) is 7.11 Å². The summed E-state index contributed by atoms with van der Waals surface area (Å²) in [5.41, 5.74) is 2.80. The van der Waals surface area contributed by atoms with Crippen LogP contribution < -0.4 is 10.1 Å². The van der Waals surface area contributed by atoms with Gasteiger partial charge in [-0.15, -0.1) is 0 Å². The lowest BCUT2D eigenvalue weighted by Gasteiger charge is -2.50. The zero-order valence-corrected chi connectivity index (χ0v) is 19.1. The third-order valence-electron chi connectivity index (χ3n) is 6.94. The van der Waals surface area contributed by atoms with Crippen LogP contribution in [0.1, 0.15) is 29.8 Å². The van der Waals surface area contributed by atoms with Crippen LogP contribution in [-0.4, -0.2) is 71.5 Å². The van der Waals surface area contributed by atoms with Crippen LogP contribution in [0.3, 0.4) is 0 Å². The highest BCUT2D eigenvalue weighted by molar-refractivity contribution is 5.85. The van der Waals surface area contributed by atoms with Gasteiger partial charge in [0.05, 0.1) is 24.3 Å². The molecule has 0 bridgehead atoms. The minimum Gasteiger partial charge on any atom is -0.497 e. The molecule has 0 unspecified atom stereocenters. The van der Waals surface area contributed by atoms with E-state index in [4.69, 9.17) is 19.4 Å². The highest BCUT2D eigenvalue weighted by Crippen LogP contribution is 2.41. The Morgan fingerprint density at radius 1 is 1.42 bits per heavy atom. The van der Waals surface area contributed by atoms with E-state index in [2.05, 4.69) is 32.5 Å². The molecule has 5 rings (SSSR count). The second kappa shape index (κ2) is 9.93. The van der Waals surface area contributed by atoms with E-state index in [0.717, 1.165) is 61.8 Å². The number of methoxy groups -OCH3 is 1. The molecule has 9 heteroatoms. The molecule has 0 radical (unpaired) electrons. The first-order valence-corrected chi connectivity index (χ1v) is 11.3. The standard InChI is InChI=1S/C23H30N4O3.CH2O2/c1-15-8-17(26-25-15)12-27-13-23(14-27,11-16-4-3-5-18(9-16)29-2)22(28)24-20-10-21-19(20)6-7-30-21;2-1-3/h3-5,8-9,19-21H,6-7,10-14H2,1-2H3,(H,24,28)(H,25,26);1H,(H,2,3)/t19-,20+,21+;/m0./s1. The second-order valence-electron chi connectivity index (χ2n) is 9.28. The number of aryl methyl sites for hydroxylation is 1. The molecule has 3 heterocycles. The summed E-state index contributed by atoms with van der Waals surface area (Å²) in [7, 11) is 1.68. The lowest BCUT2D eigenvalue weighted by Crippen LogP contribution is -2.66. The number of H-pyrrole nitrogens is 1. The number of carbonyl (C=O) groups is 2. The van der Waals surface area contributed by atoms with E-state index in [9.17, 15) is 4.79 Å². The first-order chi connectivity index (χ1) is 16.0. The number of nitrogens with zero attached hydrogens (tertiary/aromatic N) is 2. The molecular formula is C24H32N4O5. The molecule has 3 atom stereocenters. The number of rotatable bonds is 7. The number of carboxylic acid groups (broad SMARTS) is 1. The zero-order chi connectivity index (χ0) is 23.4. The lowest BCUT2D eigenvalue weighted by atomic mass is 9.71. The van der Waals surface area contributed by atoms with Gasteiger partial charge in [-0.2, -0.15) is 5.10 Å². The molecule has 3 aliphatic rings. The number of likely N-dealkylation sites (tertiary alicyclic amines) is 1. The molecule has 1 aromatic carbocycles. The Kier molecular flexibility index (Phi) is 6.99. The van der Waals surface area contributed by atoms with E-state index in [1.165, 1.54) is 0 Å². The summed E-state index contributed by atoms with van der Waals surface area (Å²) >= 11 is 0. The molecule has 2 aliphatic heterocycles. The Bertz CT molecular complexity index is 971. The van der Waals surface area contributed by atoms with Crippen molar-refractivity contribution in [3.8, 4) is 5.75 Å². The molecule has 178 valence electrons. The Labute approximate surface area is 193 Å². The highest BCUT2D eigenvalue weighted by Gasteiger charge is 2.52. The van der Waals surface area contributed by atoms with Crippen molar-refractivity contribution in [3.63, 3.8) is 0 Å². The maximum Gasteiger partial charge on any atom is 0.290 e. The van der Waals surface area contributed by atoms with Crippen molar-refractivity contribution in [1.82, 2.24) is 20.4 Å². The number of ether oxygens (including phenoxy) is 2. The van der Waals surface area contributed by atoms with E-state index < -0.39 is 5.41 Å². The number of carbonyl (C=O) groups excluding carboxylic acids is 1. The lowest BCUT2D eigenvalue weighted by molar-refractivity contribution is -0.145. The number of fused-ring (bicyclic) bond motifs is 1. The van der Waals surface area contributed by atoms with Gasteiger partial charge in [0.1, 0.15) is 5.75 Å². The van der Waals surface area contributed by atoms with Gasteiger partial charge in [-0.05, 0) is 49.9 Å². The molecule has 3 N–H and O–H groups in total. The summed E-state index contributed by atoms with van der Waals surface area (Å²) in [6, 6.07) is 10.4. The summed E-state index contributed by atoms with van der Waals surface area (Å²) < 4.78 is 11.1. The molecular weight excluding hydrogens is 424 g/mol. The average molecular weight is 457 g/mol. The van der Waals surface area contributed by atoms with E-state index in [-0.39, 0.29) is 18.4 Å². The maximum absolute atomic E-state index is 13.5. The van der Waals surface area contributed by atoms with Crippen LogP contribution in [0.15, 0.2) is 30.3 Å². The normalized spacial score (nSPS) is 25.0. The van der Waals surface area contributed by atoms with Gasteiger partial charge < -0.3 is 19.9 Å². The minimum absolute atomic E-state index is 0.176.